The minimum Gasteiger partial charge on any atom is -0.493 e. The third kappa shape index (κ3) is 6.98. The summed E-state index contributed by atoms with van der Waals surface area (Å²) in [5, 5.41) is 8.89. The summed E-state index contributed by atoms with van der Waals surface area (Å²) in [5.41, 5.74) is 2.82. The van der Waals surface area contributed by atoms with Gasteiger partial charge in [-0.25, -0.2) is 4.68 Å². The van der Waals surface area contributed by atoms with Crippen molar-refractivity contribution < 1.29 is 60.7 Å². The fourth-order valence-electron chi connectivity index (χ4n) is 7.81. The molecule has 0 amide bonds. The first kappa shape index (κ1) is 38.2. The Labute approximate surface area is 329 Å². The van der Waals surface area contributed by atoms with Gasteiger partial charge in [0, 0.05) is 17.4 Å². The van der Waals surface area contributed by atoms with Crippen molar-refractivity contribution >= 4 is 17.8 Å². The van der Waals surface area contributed by atoms with Gasteiger partial charge in [-0.05, 0) is 82.9 Å². The Morgan fingerprint density at radius 3 is 2.19 bits per heavy atom. The van der Waals surface area contributed by atoms with Gasteiger partial charge in [0.05, 0.1) is 58.8 Å². The molecule has 0 radical (unpaired) electrons. The fraction of sp³-hybridized carbons (Fsp3) is 0.286. The van der Waals surface area contributed by atoms with Crippen LogP contribution < -0.4 is 33.2 Å². The van der Waals surface area contributed by atoms with E-state index in [-0.39, 0.29) is 49.0 Å². The van der Waals surface area contributed by atoms with Gasteiger partial charge in [-0.2, -0.15) is 13.2 Å². The van der Waals surface area contributed by atoms with E-state index in [1.165, 1.54) is 58.8 Å². The van der Waals surface area contributed by atoms with Gasteiger partial charge in [-0.15, -0.1) is 5.10 Å². The molecule has 4 aromatic carbocycles. The Morgan fingerprint density at radius 1 is 0.845 bits per heavy atom. The Kier molecular flexibility index (Phi) is 10.1. The smallest absolute Gasteiger partial charge is 0.416 e. The lowest BCUT2D eigenvalue weighted by Gasteiger charge is -2.39. The van der Waals surface area contributed by atoms with Gasteiger partial charge in [0.1, 0.15) is 12.3 Å². The Morgan fingerprint density at radius 2 is 1.53 bits per heavy atom. The molecule has 1 fully saturated rings. The van der Waals surface area contributed by atoms with Gasteiger partial charge >= 0.3 is 12.1 Å². The highest BCUT2D eigenvalue weighted by Gasteiger charge is 2.53. The third-order valence-electron chi connectivity index (χ3n) is 10.5. The molecule has 2 aliphatic heterocycles. The van der Waals surface area contributed by atoms with Crippen LogP contribution in [0.15, 0.2) is 79.0 Å². The number of ether oxygens (including phenoxy) is 8. The summed E-state index contributed by atoms with van der Waals surface area (Å²) in [7, 11) is 6.02. The predicted octanol–water partition coefficient (Wildman–Crippen LogP) is 7.06. The Hall–Kier alpha value is -6.71. The minimum absolute atomic E-state index is 0.0181. The number of ketones is 1. The topological polar surface area (TPSA) is 139 Å². The molecule has 0 bridgehead atoms. The van der Waals surface area contributed by atoms with Crippen molar-refractivity contribution in [1.82, 2.24) is 15.0 Å². The molecule has 0 unspecified atom stereocenters. The summed E-state index contributed by atoms with van der Waals surface area (Å²) in [6.45, 7) is 0.168. The molecule has 0 spiro atoms. The largest absolute Gasteiger partial charge is 0.493 e. The number of esters is 1. The number of benzene rings is 4. The van der Waals surface area contributed by atoms with Crippen molar-refractivity contribution in [2.24, 2.45) is 11.8 Å². The van der Waals surface area contributed by atoms with Gasteiger partial charge in [0.15, 0.2) is 40.3 Å². The lowest BCUT2D eigenvalue weighted by molar-refractivity contribution is -0.141. The van der Waals surface area contributed by atoms with E-state index in [0.29, 0.717) is 45.8 Å². The third-order valence-corrected chi connectivity index (χ3v) is 10.5. The van der Waals surface area contributed by atoms with Crippen LogP contribution in [-0.4, -0.2) is 68.6 Å². The van der Waals surface area contributed by atoms with Gasteiger partial charge < -0.3 is 37.9 Å². The highest BCUT2D eigenvalue weighted by Crippen LogP contribution is 2.56. The summed E-state index contributed by atoms with van der Waals surface area (Å²) in [4.78, 5) is 26.6. The number of halogens is 3. The summed E-state index contributed by atoms with van der Waals surface area (Å²) in [6.07, 6.45) is 0.000820. The molecule has 3 aliphatic rings. The first-order valence-corrected chi connectivity index (χ1v) is 18.0. The molecule has 0 N–H and O–H groups in total. The molecule has 1 saturated heterocycles. The van der Waals surface area contributed by atoms with E-state index < -0.39 is 29.6 Å². The molecule has 4 atom stereocenters. The molecule has 13 nitrogen and oxygen atoms in total. The zero-order chi connectivity index (χ0) is 40.7. The average molecular weight is 800 g/mol. The molecule has 5 aromatic rings. The van der Waals surface area contributed by atoms with E-state index in [1.54, 1.807) is 23.0 Å². The number of alkyl halides is 3. The van der Waals surface area contributed by atoms with Crippen molar-refractivity contribution in [3.05, 3.63) is 118 Å². The van der Waals surface area contributed by atoms with E-state index >= 15 is 0 Å². The summed E-state index contributed by atoms with van der Waals surface area (Å²) >= 11 is 0. The van der Waals surface area contributed by atoms with Crippen LogP contribution in [0.5, 0.6) is 40.2 Å². The zero-order valence-electron chi connectivity index (χ0n) is 31.6. The number of carbonyl (C=O) groups excluding carboxylic acids is 2. The number of methoxy groups -OCH3 is 4. The highest BCUT2D eigenvalue weighted by molar-refractivity contribution is 6.07. The van der Waals surface area contributed by atoms with Gasteiger partial charge in [0.2, 0.25) is 12.5 Å². The monoisotopic (exact) mass is 799 g/mol. The summed E-state index contributed by atoms with van der Waals surface area (Å²) < 4.78 is 86.3. The number of carbonyl (C=O) groups is 2. The average Bonchev–Trinajstić information content (AvgIpc) is 4.00. The first-order chi connectivity index (χ1) is 28.0. The number of hydrogen-bond donors (Lipinski definition) is 0. The van der Waals surface area contributed by atoms with E-state index in [0.717, 1.165) is 28.8 Å². The lowest BCUT2D eigenvalue weighted by atomic mass is 9.65. The second-order valence-corrected chi connectivity index (χ2v) is 13.7. The number of rotatable bonds is 12. The molecule has 1 aliphatic carbocycles. The minimum atomic E-state index is -4.45. The maximum atomic E-state index is 13.7. The molecular weight excluding hydrogens is 763 g/mol. The van der Waals surface area contributed by atoms with Crippen LogP contribution in [0.4, 0.5) is 13.2 Å². The van der Waals surface area contributed by atoms with E-state index in [1.807, 2.05) is 24.3 Å². The van der Waals surface area contributed by atoms with Crippen molar-refractivity contribution in [2.75, 3.05) is 41.8 Å². The maximum Gasteiger partial charge on any atom is 0.416 e. The van der Waals surface area contributed by atoms with E-state index in [2.05, 4.69) is 10.3 Å². The Balaban J connectivity index is 1.05. The van der Waals surface area contributed by atoms with E-state index in [9.17, 15) is 22.8 Å². The van der Waals surface area contributed by atoms with Crippen LogP contribution in [0.25, 0.3) is 6.08 Å². The number of allylic oxidation sites excluding steroid dienone is 1. The highest BCUT2D eigenvalue weighted by atomic mass is 19.4. The number of aromatic nitrogens is 3. The van der Waals surface area contributed by atoms with E-state index in [4.69, 9.17) is 37.9 Å². The van der Waals surface area contributed by atoms with Crippen molar-refractivity contribution in [3.8, 4) is 40.2 Å². The molecule has 8 rings (SSSR count). The van der Waals surface area contributed by atoms with Crippen LogP contribution in [0.1, 0.15) is 55.8 Å². The van der Waals surface area contributed by atoms with Crippen molar-refractivity contribution in [3.63, 3.8) is 0 Å². The number of nitrogens with zero attached hydrogens (tertiary/aromatic N) is 3. The fourth-order valence-corrected chi connectivity index (χ4v) is 7.81. The van der Waals surface area contributed by atoms with Crippen LogP contribution in [0.3, 0.4) is 0 Å². The van der Waals surface area contributed by atoms with Gasteiger partial charge in [-0.1, -0.05) is 23.4 Å². The van der Waals surface area contributed by atoms with Crippen LogP contribution >= 0.6 is 0 Å². The van der Waals surface area contributed by atoms with Crippen molar-refractivity contribution in [1.29, 1.82) is 0 Å². The molecule has 0 saturated carbocycles. The molecule has 16 heteroatoms. The Bertz CT molecular complexity index is 2390. The molecule has 300 valence electrons. The molecule has 3 heterocycles. The van der Waals surface area contributed by atoms with Crippen molar-refractivity contribution in [2.45, 2.75) is 24.7 Å². The number of cyclic esters (lactones) is 1. The standard InChI is InChI=1S/C42H36F3N3O10/c1-51-32-13-23(30(49)11-7-22-5-9-25(10-6-22)42(43,44)45)8-12-31(32)55-19-26-18-48(47-46-26)39-28-17-34-33(57-21-58-34)16-27(28)37(38-29(39)20-56-41(38)50)24-14-35(52-2)40(54-4)36(15-24)53-3/h5-18,29,37-39H,19-21H2,1-4H3/b11-7+/t29-,37+,38-,39-/m0/s1. The zero-order valence-corrected chi connectivity index (χ0v) is 31.6. The maximum absolute atomic E-state index is 13.7. The second kappa shape index (κ2) is 15.3. The molecule has 1 aromatic heterocycles. The predicted molar refractivity (Wildman–Crippen MR) is 199 cm³/mol. The van der Waals surface area contributed by atoms with Gasteiger partial charge in [-0.3, -0.25) is 9.59 Å². The second-order valence-electron chi connectivity index (χ2n) is 13.7. The molecule has 58 heavy (non-hydrogen) atoms. The van der Waals surface area contributed by atoms with Crippen LogP contribution in [0, 0.1) is 11.8 Å². The normalized spacial score (nSPS) is 19.3. The summed E-state index contributed by atoms with van der Waals surface area (Å²) in [5.74, 6) is 0.806. The summed E-state index contributed by atoms with van der Waals surface area (Å²) in [6, 6.07) is 16.1. The molecular formula is C42H36F3N3O10. The first-order valence-electron chi connectivity index (χ1n) is 18.0. The quantitative estimate of drug-likeness (QED) is 0.0726. The van der Waals surface area contributed by atoms with Gasteiger partial charge in [0.25, 0.3) is 0 Å². The lowest BCUT2D eigenvalue weighted by Crippen LogP contribution is -2.37. The number of hydrogen-bond acceptors (Lipinski definition) is 12. The van der Waals surface area contributed by atoms with Crippen LogP contribution in [0.2, 0.25) is 0 Å². The SMILES string of the molecule is COc1cc(C(=O)/C=C/c2ccc(C(F)(F)F)cc2)ccc1OCc1cn([C@H]2c3cc4c(cc3[C@@H](c3cc(OC)c(OC)c(OC)c3)[C@H]3C(=O)OC[C@@H]32)OCO4)nn1. The van der Waals surface area contributed by atoms with Crippen LogP contribution in [-0.2, 0) is 22.3 Å². The number of fused-ring (bicyclic) bond motifs is 3.